The Morgan fingerprint density at radius 3 is 2.82 bits per heavy atom. The molecular weight excluding hydrogens is 263 g/mol. The number of carbonyl (C=O) groups excluding carboxylic acids is 1. The van der Waals surface area contributed by atoms with Gasteiger partial charge >= 0.3 is 0 Å². The van der Waals surface area contributed by atoms with Crippen molar-refractivity contribution in [2.45, 2.75) is 0 Å². The summed E-state index contributed by atoms with van der Waals surface area (Å²) in [4.78, 5) is 12.1. The van der Waals surface area contributed by atoms with E-state index in [1.54, 1.807) is 11.4 Å². The molecule has 0 fully saturated rings. The molecule has 88 valence electrons. The Morgan fingerprint density at radius 1 is 1.41 bits per heavy atom. The van der Waals surface area contributed by atoms with Gasteiger partial charge in [-0.25, -0.2) is 4.39 Å². The molecule has 0 aliphatic rings. The highest BCUT2D eigenvalue weighted by molar-refractivity contribution is 7.12. The molecule has 1 aromatic heterocycles. The second-order valence-electron chi connectivity index (χ2n) is 3.29. The summed E-state index contributed by atoms with van der Waals surface area (Å²) in [7, 11) is 0. The van der Waals surface area contributed by atoms with Gasteiger partial charge in [-0.05, 0) is 29.6 Å². The van der Waals surface area contributed by atoms with E-state index in [2.05, 4.69) is 5.32 Å². The fourth-order valence-electron chi connectivity index (χ4n) is 1.27. The van der Waals surface area contributed by atoms with Crippen LogP contribution in [0.2, 0.25) is 5.02 Å². The van der Waals surface area contributed by atoms with Crippen molar-refractivity contribution >= 4 is 40.2 Å². The average molecular weight is 271 g/mol. The SMILES string of the molecule is Nc1ccc(F)c(NC(=O)c2sccc2Cl)c1. The van der Waals surface area contributed by atoms with Gasteiger partial charge in [0.1, 0.15) is 10.7 Å². The number of hydrogen-bond acceptors (Lipinski definition) is 3. The molecule has 2 aromatic rings. The quantitative estimate of drug-likeness (QED) is 0.822. The molecule has 1 aromatic carbocycles. The number of halogens is 2. The number of rotatable bonds is 2. The maximum absolute atomic E-state index is 13.4. The molecule has 1 amide bonds. The molecule has 0 radical (unpaired) electrons. The second-order valence-corrected chi connectivity index (χ2v) is 4.61. The lowest BCUT2D eigenvalue weighted by atomic mass is 10.2. The minimum atomic E-state index is -0.541. The van der Waals surface area contributed by atoms with E-state index < -0.39 is 11.7 Å². The number of nitrogen functional groups attached to an aromatic ring is 1. The molecule has 0 aliphatic heterocycles. The summed E-state index contributed by atoms with van der Waals surface area (Å²) in [5, 5.41) is 4.46. The van der Waals surface area contributed by atoms with E-state index in [-0.39, 0.29) is 5.69 Å². The molecule has 2 rings (SSSR count). The van der Waals surface area contributed by atoms with Gasteiger partial charge in [0.25, 0.3) is 5.91 Å². The molecule has 0 unspecified atom stereocenters. The average Bonchev–Trinajstić information content (AvgIpc) is 2.70. The van der Waals surface area contributed by atoms with Crippen LogP contribution in [0.15, 0.2) is 29.6 Å². The molecule has 17 heavy (non-hydrogen) atoms. The van der Waals surface area contributed by atoms with Crippen molar-refractivity contribution in [2.24, 2.45) is 0 Å². The molecule has 0 bridgehead atoms. The number of nitrogens with two attached hydrogens (primary N) is 1. The third kappa shape index (κ3) is 2.57. The first kappa shape index (κ1) is 11.9. The van der Waals surface area contributed by atoms with Crippen molar-refractivity contribution in [1.82, 2.24) is 0 Å². The van der Waals surface area contributed by atoms with E-state index in [1.807, 2.05) is 0 Å². The van der Waals surface area contributed by atoms with Crippen LogP contribution < -0.4 is 11.1 Å². The van der Waals surface area contributed by atoms with Gasteiger partial charge in [0.05, 0.1) is 10.7 Å². The maximum Gasteiger partial charge on any atom is 0.267 e. The van der Waals surface area contributed by atoms with Crippen molar-refractivity contribution in [3.8, 4) is 0 Å². The zero-order valence-corrected chi connectivity index (χ0v) is 10.1. The van der Waals surface area contributed by atoms with Gasteiger partial charge in [0.2, 0.25) is 0 Å². The maximum atomic E-state index is 13.4. The molecular formula is C11H8ClFN2OS. The molecule has 6 heteroatoms. The highest BCUT2D eigenvalue weighted by Crippen LogP contribution is 2.24. The Kier molecular flexibility index (Phi) is 3.31. The number of thiophene rings is 1. The summed E-state index contributed by atoms with van der Waals surface area (Å²) in [6.45, 7) is 0. The van der Waals surface area contributed by atoms with Gasteiger partial charge in [-0.2, -0.15) is 0 Å². The third-order valence-corrected chi connectivity index (χ3v) is 3.40. The van der Waals surface area contributed by atoms with Crippen molar-refractivity contribution in [2.75, 3.05) is 11.1 Å². The zero-order chi connectivity index (χ0) is 12.4. The predicted molar refractivity (Wildman–Crippen MR) is 68.1 cm³/mol. The summed E-state index contributed by atoms with van der Waals surface area (Å²) in [5.74, 6) is -0.991. The molecule has 0 spiro atoms. The number of nitrogens with one attached hydrogen (secondary N) is 1. The van der Waals surface area contributed by atoms with Crippen LogP contribution in [0.5, 0.6) is 0 Å². The first-order chi connectivity index (χ1) is 8.08. The largest absolute Gasteiger partial charge is 0.399 e. The molecule has 3 N–H and O–H groups in total. The molecule has 1 heterocycles. The Balaban J connectivity index is 2.24. The first-order valence-corrected chi connectivity index (χ1v) is 5.93. The Morgan fingerprint density at radius 2 is 2.18 bits per heavy atom. The van der Waals surface area contributed by atoms with E-state index in [0.29, 0.717) is 15.6 Å². The van der Waals surface area contributed by atoms with E-state index in [1.165, 1.54) is 29.5 Å². The monoisotopic (exact) mass is 270 g/mol. The zero-order valence-electron chi connectivity index (χ0n) is 8.54. The predicted octanol–water partition coefficient (Wildman–Crippen LogP) is 3.38. The minimum Gasteiger partial charge on any atom is -0.399 e. The van der Waals surface area contributed by atoms with Crippen molar-refractivity contribution in [3.63, 3.8) is 0 Å². The van der Waals surface area contributed by atoms with Crippen LogP contribution in [0.25, 0.3) is 0 Å². The van der Waals surface area contributed by atoms with E-state index in [4.69, 9.17) is 17.3 Å². The van der Waals surface area contributed by atoms with E-state index >= 15 is 0 Å². The van der Waals surface area contributed by atoms with Crippen LogP contribution in [-0.2, 0) is 0 Å². The number of benzene rings is 1. The molecule has 0 aliphatic carbocycles. The van der Waals surface area contributed by atoms with Gasteiger partial charge in [0, 0.05) is 5.69 Å². The fraction of sp³-hybridized carbons (Fsp3) is 0. The van der Waals surface area contributed by atoms with Gasteiger partial charge in [-0.1, -0.05) is 11.6 Å². The topological polar surface area (TPSA) is 55.1 Å². The summed E-state index contributed by atoms with van der Waals surface area (Å²) >= 11 is 6.99. The van der Waals surface area contributed by atoms with Gasteiger partial charge in [-0.15, -0.1) is 11.3 Å². The van der Waals surface area contributed by atoms with Crippen molar-refractivity contribution in [3.05, 3.63) is 45.4 Å². The van der Waals surface area contributed by atoms with Crippen molar-refractivity contribution < 1.29 is 9.18 Å². The molecule has 3 nitrogen and oxygen atoms in total. The molecule has 0 saturated heterocycles. The van der Waals surface area contributed by atoms with E-state index in [0.717, 1.165) is 0 Å². The Labute approximate surface area is 106 Å². The standard InChI is InChI=1S/C11H8ClFN2OS/c12-7-3-4-17-10(7)11(16)15-9-5-6(14)1-2-8(9)13/h1-5H,14H2,(H,15,16). The van der Waals surface area contributed by atoms with Crippen LogP contribution in [-0.4, -0.2) is 5.91 Å². The highest BCUT2D eigenvalue weighted by atomic mass is 35.5. The minimum absolute atomic E-state index is 0.0412. The number of anilines is 2. The summed E-state index contributed by atoms with van der Waals surface area (Å²) in [6.07, 6.45) is 0. The first-order valence-electron chi connectivity index (χ1n) is 4.67. The van der Waals surface area contributed by atoms with Gasteiger partial charge in [0.15, 0.2) is 0 Å². The van der Waals surface area contributed by atoms with Crippen LogP contribution in [0.3, 0.4) is 0 Å². The molecule has 0 saturated carbocycles. The number of carbonyl (C=O) groups is 1. The summed E-state index contributed by atoms with van der Waals surface area (Å²) in [5.41, 5.74) is 5.93. The Hall–Kier alpha value is -1.59. The summed E-state index contributed by atoms with van der Waals surface area (Å²) < 4.78 is 13.4. The molecule has 0 atom stereocenters. The number of hydrogen-bond donors (Lipinski definition) is 2. The van der Waals surface area contributed by atoms with Crippen molar-refractivity contribution in [1.29, 1.82) is 0 Å². The van der Waals surface area contributed by atoms with Gasteiger partial charge in [-0.3, -0.25) is 4.79 Å². The Bertz CT molecular complexity index is 570. The van der Waals surface area contributed by atoms with Crippen LogP contribution in [0.1, 0.15) is 9.67 Å². The third-order valence-electron chi connectivity index (χ3n) is 2.06. The lowest BCUT2D eigenvalue weighted by Crippen LogP contribution is -2.12. The van der Waals surface area contributed by atoms with Gasteiger partial charge < -0.3 is 11.1 Å². The normalized spacial score (nSPS) is 10.2. The lowest BCUT2D eigenvalue weighted by Gasteiger charge is -2.06. The fourth-order valence-corrected chi connectivity index (χ4v) is 2.31. The van der Waals surface area contributed by atoms with E-state index in [9.17, 15) is 9.18 Å². The van der Waals surface area contributed by atoms with Crippen LogP contribution >= 0.6 is 22.9 Å². The smallest absolute Gasteiger partial charge is 0.267 e. The second kappa shape index (κ2) is 4.73. The van der Waals surface area contributed by atoms with Crippen LogP contribution in [0.4, 0.5) is 15.8 Å². The summed E-state index contributed by atoms with van der Waals surface area (Å²) in [6, 6.07) is 5.58. The lowest BCUT2D eigenvalue weighted by molar-refractivity contribution is 0.103. The highest BCUT2D eigenvalue weighted by Gasteiger charge is 2.13. The van der Waals surface area contributed by atoms with Crippen LogP contribution in [0, 0.1) is 5.82 Å². The number of amides is 1.